The molecule has 0 amide bonds. The van der Waals surface area contributed by atoms with Crippen LogP contribution >= 0.6 is 0 Å². The van der Waals surface area contributed by atoms with Crippen LogP contribution in [0.2, 0.25) is 0 Å². The first kappa shape index (κ1) is 18.3. The number of hydrogen-bond acceptors (Lipinski definition) is 4. The molecule has 3 aliphatic rings. The molecule has 5 nitrogen and oxygen atoms in total. The molecule has 1 spiro atoms. The molecule has 1 aromatic carbocycles. The van der Waals surface area contributed by atoms with Crippen molar-refractivity contribution in [1.29, 1.82) is 0 Å². The van der Waals surface area contributed by atoms with E-state index in [1.54, 1.807) is 0 Å². The lowest BCUT2D eigenvalue weighted by Gasteiger charge is -2.31. The second-order valence-corrected chi connectivity index (χ2v) is 9.50. The monoisotopic (exact) mass is 380 g/mol. The molecule has 1 aromatic heterocycles. The van der Waals surface area contributed by atoms with Gasteiger partial charge in [-0.3, -0.25) is 4.90 Å². The number of rotatable bonds is 5. The topological polar surface area (TPSA) is 33.5 Å². The summed E-state index contributed by atoms with van der Waals surface area (Å²) in [5.41, 5.74) is 5.33. The molecule has 3 fully saturated rings. The Kier molecular flexibility index (Phi) is 4.38. The first-order valence-corrected chi connectivity index (χ1v) is 10.6. The van der Waals surface area contributed by atoms with Gasteiger partial charge in [-0.05, 0) is 58.0 Å². The molecule has 0 radical (unpaired) electrons. The highest BCUT2D eigenvalue weighted by atomic mass is 16.5. The number of likely N-dealkylation sites (tertiary alicyclic amines) is 1. The number of aromatic nitrogens is 2. The van der Waals surface area contributed by atoms with Gasteiger partial charge in [0, 0.05) is 50.4 Å². The summed E-state index contributed by atoms with van der Waals surface area (Å²) in [5.74, 6) is 1.35. The zero-order chi connectivity index (χ0) is 19.5. The average Bonchev–Trinajstić information content (AvgIpc) is 3.36. The molecule has 0 N–H and O–H groups in total. The van der Waals surface area contributed by atoms with Crippen LogP contribution in [0.3, 0.4) is 0 Å². The Morgan fingerprint density at radius 1 is 1.29 bits per heavy atom. The smallest absolute Gasteiger partial charge is 0.0858 e. The maximum atomic E-state index is 6.63. The van der Waals surface area contributed by atoms with Gasteiger partial charge in [0.25, 0.3) is 0 Å². The number of nitrogens with zero attached hydrogens (tertiary/aromatic N) is 4. The minimum Gasteiger partial charge on any atom is -0.370 e. The van der Waals surface area contributed by atoms with Crippen molar-refractivity contribution in [3.63, 3.8) is 0 Å². The van der Waals surface area contributed by atoms with Gasteiger partial charge in [-0.15, -0.1) is 0 Å². The van der Waals surface area contributed by atoms with E-state index in [1.807, 2.05) is 16.9 Å². The third-order valence-corrected chi connectivity index (χ3v) is 7.08. The lowest BCUT2D eigenvalue weighted by Crippen LogP contribution is -2.40. The van der Waals surface area contributed by atoms with Gasteiger partial charge in [0.05, 0.1) is 17.4 Å². The number of benzene rings is 1. The third-order valence-electron chi connectivity index (χ3n) is 7.08. The van der Waals surface area contributed by atoms with E-state index in [0.29, 0.717) is 17.9 Å². The molecule has 150 valence electrons. The van der Waals surface area contributed by atoms with Crippen LogP contribution in [0.5, 0.6) is 0 Å². The number of ether oxygens (including phenoxy) is 1. The second kappa shape index (κ2) is 6.68. The Morgan fingerprint density at radius 2 is 2.14 bits per heavy atom. The van der Waals surface area contributed by atoms with E-state index in [1.165, 1.54) is 35.2 Å². The van der Waals surface area contributed by atoms with Crippen LogP contribution in [0, 0.1) is 25.7 Å². The molecule has 5 rings (SSSR count). The molecule has 4 atom stereocenters. The molecule has 28 heavy (non-hydrogen) atoms. The van der Waals surface area contributed by atoms with Gasteiger partial charge in [0.2, 0.25) is 0 Å². The zero-order valence-corrected chi connectivity index (χ0v) is 17.6. The van der Waals surface area contributed by atoms with Gasteiger partial charge in [0.1, 0.15) is 0 Å². The largest absolute Gasteiger partial charge is 0.370 e. The standard InChI is InChI=1S/C23H32N4O/c1-16-10-17(2)22(27-9-5-8-24-27)18(11-16)12-26-14-20-19(13-25(3)4)21-6-7-23(20,15-26)28-21/h5,8-11,19-21H,6-7,12-15H2,1-4H3/t19-,20+,21+,23+/m0/s1. The molecule has 0 unspecified atom stereocenters. The predicted molar refractivity (Wildman–Crippen MR) is 111 cm³/mol. The maximum Gasteiger partial charge on any atom is 0.0858 e. The highest BCUT2D eigenvalue weighted by molar-refractivity contribution is 5.49. The Bertz CT molecular complexity index is 862. The van der Waals surface area contributed by atoms with Crippen LogP contribution in [-0.2, 0) is 11.3 Å². The Morgan fingerprint density at radius 3 is 2.89 bits per heavy atom. The fourth-order valence-electron chi connectivity index (χ4n) is 6.21. The molecule has 2 aromatic rings. The van der Waals surface area contributed by atoms with Crippen LogP contribution < -0.4 is 0 Å². The maximum absolute atomic E-state index is 6.63. The van der Waals surface area contributed by atoms with Crippen molar-refractivity contribution >= 4 is 0 Å². The highest BCUT2D eigenvalue weighted by Crippen LogP contribution is 2.55. The molecular formula is C23H32N4O. The minimum absolute atomic E-state index is 0.107. The SMILES string of the molecule is Cc1cc(C)c(-n2cccn2)c(CN2C[C@@H]3[C@H](CN(C)C)[C@H]4CC[C@]3(C2)O4)c1. The van der Waals surface area contributed by atoms with Crippen molar-refractivity contribution in [2.45, 2.75) is 44.9 Å². The number of hydrogen-bond donors (Lipinski definition) is 0. The first-order chi connectivity index (χ1) is 13.4. The summed E-state index contributed by atoms with van der Waals surface area (Å²) in [6.45, 7) is 8.73. The number of aryl methyl sites for hydroxylation is 2. The molecule has 3 saturated heterocycles. The van der Waals surface area contributed by atoms with Gasteiger partial charge < -0.3 is 9.64 Å². The van der Waals surface area contributed by atoms with Crippen molar-refractivity contribution in [2.24, 2.45) is 11.8 Å². The normalized spacial score (nSPS) is 31.8. The molecule has 5 heteroatoms. The summed E-state index contributed by atoms with van der Waals surface area (Å²) in [4.78, 5) is 4.97. The Hall–Kier alpha value is -1.69. The zero-order valence-electron chi connectivity index (χ0n) is 17.6. The van der Waals surface area contributed by atoms with Crippen LogP contribution in [0.4, 0.5) is 0 Å². The van der Waals surface area contributed by atoms with E-state index in [9.17, 15) is 0 Å². The first-order valence-electron chi connectivity index (χ1n) is 10.6. The Balaban J connectivity index is 1.42. The fraction of sp³-hybridized carbons (Fsp3) is 0.609. The van der Waals surface area contributed by atoms with Gasteiger partial charge in [-0.25, -0.2) is 4.68 Å². The summed E-state index contributed by atoms with van der Waals surface area (Å²) in [6.07, 6.45) is 6.87. The van der Waals surface area contributed by atoms with Crippen molar-refractivity contribution in [3.8, 4) is 5.69 Å². The molecular weight excluding hydrogens is 348 g/mol. The minimum atomic E-state index is 0.107. The quantitative estimate of drug-likeness (QED) is 0.798. The summed E-state index contributed by atoms with van der Waals surface area (Å²) in [6, 6.07) is 6.60. The summed E-state index contributed by atoms with van der Waals surface area (Å²) >= 11 is 0. The van der Waals surface area contributed by atoms with Gasteiger partial charge in [-0.2, -0.15) is 5.10 Å². The second-order valence-electron chi connectivity index (χ2n) is 9.50. The van der Waals surface area contributed by atoms with Crippen LogP contribution in [0.25, 0.3) is 5.69 Å². The lowest BCUT2D eigenvalue weighted by atomic mass is 9.73. The summed E-state index contributed by atoms with van der Waals surface area (Å²) in [7, 11) is 4.38. The van der Waals surface area contributed by atoms with E-state index >= 15 is 0 Å². The van der Waals surface area contributed by atoms with Gasteiger partial charge in [-0.1, -0.05) is 17.7 Å². The fourth-order valence-corrected chi connectivity index (χ4v) is 6.21. The van der Waals surface area contributed by atoms with Crippen molar-refractivity contribution in [3.05, 3.63) is 47.3 Å². The van der Waals surface area contributed by atoms with E-state index < -0.39 is 0 Å². The molecule has 0 aliphatic carbocycles. The van der Waals surface area contributed by atoms with E-state index in [0.717, 1.165) is 26.2 Å². The molecule has 3 aliphatic heterocycles. The number of fused-ring (bicyclic) bond motifs is 1. The van der Waals surface area contributed by atoms with Crippen molar-refractivity contribution in [2.75, 3.05) is 33.7 Å². The molecule has 4 heterocycles. The van der Waals surface area contributed by atoms with Crippen molar-refractivity contribution < 1.29 is 4.74 Å². The average molecular weight is 381 g/mol. The molecule has 0 saturated carbocycles. The lowest BCUT2D eigenvalue weighted by molar-refractivity contribution is 0.00144. The van der Waals surface area contributed by atoms with E-state index in [2.05, 4.69) is 61.2 Å². The molecule has 2 bridgehead atoms. The van der Waals surface area contributed by atoms with Gasteiger partial charge >= 0.3 is 0 Å². The third kappa shape index (κ3) is 2.92. The van der Waals surface area contributed by atoms with Crippen LogP contribution in [-0.4, -0.2) is 65.0 Å². The van der Waals surface area contributed by atoms with Gasteiger partial charge in [0.15, 0.2) is 0 Å². The van der Waals surface area contributed by atoms with Crippen molar-refractivity contribution in [1.82, 2.24) is 19.6 Å². The van der Waals surface area contributed by atoms with E-state index in [-0.39, 0.29) is 5.60 Å². The van der Waals surface area contributed by atoms with E-state index in [4.69, 9.17) is 4.74 Å². The Labute approximate surface area is 168 Å². The highest BCUT2D eigenvalue weighted by Gasteiger charge is 2.62. The summed E-state index contributed by atoms with van der Waals surface area (Å²) in [5, 5.41) is 4.52. The predicted octanol–water partition coefficient (Wildman–Crippen LogP) is 3.03. The van der Waals surface area contributed by atoms with Crippen LogP contribution in [0.15, 0.2) is 30.6 Å². The van der Waals surface area contributed by atoms with Crippen LogP contribution in [0.1, 0.15) is 29.5 Å². The summed E-state index contributed by atoms with van der Waals surface area (Å²) < 4.78 is 8.65.